The molecule has 0 fully saturated rings. The van der Waals surface area contributed by atoms with Crippen molar-refractivity contribution in [3.05, 3.63) is 38.3 Å². The van der Waals surface area contributed by atoms with Crippen molar-refractivity contribution in [1.29, 1.82) is 0 Å². The van der Waals surface area contributed by atoms with Crippen molar-refractivity contribution in [3.63, 3.8) is 0 Å². The molecule has 0 unspecified atom stereocenters. The standard InChI is InChI=1S/C8H6BrNO4.CH2Cl2/c1-14-8(11)5-2-6(9)4-7(3-5)10(12)13;2-1-3/h2-4H,1H3;1H2. The minimum Gasteiger partial charge on any atom is -0.465 e. The number of non-ortho nitro benzene ring substituents is 1. The van der Waals surface area contributed by atoms with Gasteiger partial charge in [-0.2, -0.15) is 0 Å². The summed E-state index contributed by atoms with van der Waals surface area (Å²) in [6.07, 6.45) is 0. The molecule has 0 N–H and O–H groups in total. The van der Waals surface area contributed by atoms with Gasteiger partial charge < -0.3 is 4.74 Å². The molecule has 0 aromatic heterocycles. The number of rotatable bonds is 2. The number of nitro benzene ring substituents is 1. The summed E-state index contributed by atoms with van der Waals surface area (Å²) in [5, 5.41) is 10.6. The van der Waals surface area contributed by atoms with Crippen molar-refractivity contribution in [2.75, 3.05) is 12.4 Å². The van der Waals surface area contributed by atoms with Crippen LogP contribution in [-0.2, 0) is 4.74 Å². The van der Waals surface area contributed by atoms with E-state index in [1.165, 1.54) is 19.2 Å². The smallest absolute Gasteiger partial charge is 0.338 e. The molecule has 8 heteroatoms. The molecule has 1 rings (SSSR count). The maximum Gasteiger partial charge on any atom is 0.338 e. The molecule has 0 radical (unpaired) electrons. The summed E-state index contributed by atoms with van der Waals surface area (Å²) in [4.78, 5) is 21.0. The van der Waals surface area contributed by atoms with Gasteiger partial charge in [0.1, 0.15) is 0 Å². The summed E-state index contributed by atoms with van der Waals surface area (Å²) in [6.45, 7) is 0. The lowest BCUT2D eigenvalue weighted by molar-refractivity contribution is -0.385. The third-order valence-electron chi connectivity index (χ3n) is 1.51. The average molecular weight is 345 g/mol. The highest BCUT2D eigenvalue weighted by Crippen LogP contribution is 2.21. The molecular formula is C9H8BrCl2NO4. The first kappa shape index (κ1) is 16.1. The summed E-state index contributed by atoms with van der Waals surface area (Å²) >= 11 is 12.6. The van der Waals surface area contributed by atoms with E-state index in [1.807, 2.05) is 0 Å². The van der Waals surface area contributed by atoms with Crippen LogP contribution in [0.25, 0.3) is 0 Å². The van der Waals surface area contributed by atoms with Crippen LogP contribution in [0.4, 0.5) is 5.69 Å². The van der Waals surface area contributed by atoms with Crippen LogP contribution >= 0.6 is 39.1 Å². The Hall–Kier alpha value is -0.850. The van der Waals surface area contributed by atoms with E-state index in [1.54, 1.807) is 0 Å². The number of hydrogen-bond acceptors (Lipinski definition) is 4. The molecule has 0 saturated carbocycles. The van der Waals surface area contributed by atoms with Gasteiger partial charge in [-0.05, 0) is 6.07 Å². The zero-order chi connectivity index (χ0) is 13.4. The highest BCUT2D eigenvalue weighted by atomic mass is 79.9. The SMILES string of the molecule is COC(=O)c1cc(Br)cc([N+](=O)[O-])c1.ClCCl. The minimum atomic E-state index is -0.602. The van der Waals surface area contributed by atoms with Crippen molar-refractivity contribution in [2.24, 2.45) is 0 Å². The lowest BCUT2D eigenvalue weighted by atomic mass is 10.2. The second kappa shape index (κ2) is 8.27. The molecule has 0 bridgehead atoms. The number of hydrogen-bond donors (Lipinski definition) is 0. The number of methoxy groups -OCH3 is 1. The molecule has 1 aromatic rings. The molecule has 94 valence electrons. The normalized spacial score (nSPS) is 8.94. The van der Waals surface area contributed by atoms with Gasteiger partial charge in [0.05, 0.1) is 22.9 Å². The molecular weight excluding hydrogens is 337 g/mol. The van der Waals surface area contributed by atoms with Gasteiger partial charge in [0.15, 0.2) is 0 Å². The van der Waals surface area contributed by atoms with Crippen molar-refractivity contribution >= 4 is 50.8 Å². The van der Waals surface area contributed by atoms with E-state index in [0.29, 0.717) is 4.47 Å². The summed E-state index contributed by atoms with van der Waals surface area (Å²) < 4.78 is 4.91. The zero-order valence-corrected chi connectivity index (χ0v) is 11.8. The summed E-state index contributed by atoms with van der Waals surface area (Å²) in [6, 6.07) is 3.93. The van der Waals surface area contributed by atoms with Gasteiger partial charge in [-0.3, -0.25) is 10.1 Å². The maximum absolute atomic E-state index is 11.1. The molecule has 1 aromatic carbocycles. The van der Waals surface area contributed by atoms with Crippen molar-refractivity contribution < 1.29 is 14.5 Å². The molecule has 0 saturated heterocycles. The average Bonchev–Trinajstić information content (AvgIpc) is 2.28. The Morgan fingerprint density at radius 1 is 1.47 bits per heavy atom. The van der Waals surface area contributed by atoms with Gasteiger partial charge in [0.25, 0.3) is 5.69 Å². The van der Waals surface area contributed by atoms with Crippen LogP contribution in [0.1, 0.15) is 10.4 Å². The molecule has 17 heavy (non-hydrogen) atoms. The van der Waals surface area contributed by atoms with E-state index in [2.05, 4.69) is 20.7 Å². The van der Waals surface area contributed by atoms with Gasteiger partial charge in [-0.1, -0.05) is 15.9 Å². The molecule has 5 nitrogen and oxygen atoms in total. The molecule has 0 spiro atoms. The van der Waals surface area contributed by atoms with E-state index in [4.69, 9.17) is 23.2 Å². The van der Waals surface area contributed by atoms with Crippen LogP contribution in [0.3, 0.4) is 0 Å². The van der Waals surface area contributed by atoms with Crippen LogP contribution in [0.2, 0.25) is 0 Å². The van der Waals surface area contributed by atoms with E-state index >= 15 is 0 Å². The number of esters is 1. The molecule has 0 amide bonds. The van der Waals surface area contributed by atoms with Crippen LogP contribution < -0.4 is 0 Å². The van der Waals surface area contributed by atoms with E-state index in [9.17, 15) is 14.9 Å². The van der Waals surface area contributed by atoms with E-state index < -0.39 is 10.9 Å². The van der Waals surface area contributed by atoms with Crippen LogP contribution in [0, 0.1) is 10.1 Å². The molecule has 0 atom stereocenters. The predicted molar refractivity (Wildman–Crippen MR) is 68.7 cm³/mol. The Morgan fingerprint density at radius 2 is 2.00 bits per heavy atom. The Morgan fingerprint density at radius 3 is 2.41 bits per heavy atom. The van der Waals surface area contributed by atoms with Crippen LogP contribution in [0.5, 0.6) is 0 Å². The number of carbonyl (C=O) groups excluding carboxylic acids is 1. The third kappa shape index (κ3) is 5.86. The topological polar surface area (TPSA) is 69.4 Å². The number of nitro groups is 1. The Balaban J connectivity index is 0.000000770. The van der Waals surface area contributed by atoms with Crippen molar-refractivity contribution in [3.8, 4) is 0 Å². The van der Waals surface area contributed by atoms with E-state index in [0.717, 1.165) is 6.07 Å². The molecule has 0 heterocycles. The fourth-order valence-corrected chi connectivity index (χ4v) is 1.40. The minimum absolute atomic E-state index is 0.147. The molecule has 0 aliphatic carbocycles. The first-order chi connectivity index (χ1) is 7.96. The van der Waals surface area contributed by atoms with Gasteiger partial charge in [-0.15, -0.1) is 23.2 Å². The number of ether oxygens (including phenoxy) is 1. The highest BCUT2D eigenvalue weighted by Gasteiger charge is 2.13. The first-order valence-corrected chi connectivity index (χ1v) is 5.97. The third-order valence-corrected chi connectivity index (χ3v) is 1.97. The second-order valence-corrected chi connectivity index (χ2v) is 4.27. The van der Waals surface area contributed by atoms with Gasteiger partial charge in [0, 0.05) is 16.6 Å². The highest BCUT2D eigenvalue weighted by molar-refractivity contribution is 9.10. The van der Waals surface area contributed by atoms with Crippen molar-refractivity contribution in [2.45, 2.75) is 0 Å². The number of alkyl halides is 2. The fraction of sp³-hybridized carbons (Fsp3) is 0.222. The number of benzene rings is 1. The first-order valence-electron chi connectivity index (χ1n) is 4.11. The Labute approximate surface area is 116 Å². The molecule has 0 aliphatic heterocycles. The maximum atomic E-state index is 11.1. The van der Waals surface area contributed by atoms with Gasteiger partial charge in [0.2, 0.25) is 0 Å². The quantitative estimate of drug-likeness (QED) is 0.356. The van der Waals surface area contributed by atoms with Crippen LogP contribution in [0.15, 0.2) is 22.7 Å². The lowest BCUT2D eigenvalue weighted by Gasteiger charge is -1.99. The Kier molecular flexibility index (Phi) is 7.86. The van der Waals surface area contributed by atoms with Gasteiger partial charge in [-0.25, -0.2) is 4.79 Å². The summed E-state index contributed by atoms with van der Waals surface area (Å²) in [7, 11) is 1.22. The van der Waals surface area contributed by atoms with Crippen molar-refractivity contribution in [1.82, 2.24) is 0 Å². The second-order valence-electron chi connectivity index (χ2n) is 2.55. The fourth-order valence-electron chi connectivity index (χ4n) is 0.915. The van der Waals surface area contributed by atoms with Gasteiger partial charge >= 0.3 is 5.97 Å². The summed E-state index contributed by atoms with van der Waals surface area (Å²) in [5.41, 5.74) is -0.00616. The summed E-state index contributed by atoms with van der Waals surface area (Å²) in [5.74, 6) is -0.602. The largest absolute Gasteiger partial charge is 0.465 e. The van der Waals surface area contributed by atoms with Crippen LogP contribution in [-0.4, -0.2) is 23.3 Å². The van der Waals surface area contributed by atoms with E-state index in [-0.39, 0.29) is 16.6 Å². The number of halogens is 3. The molecule has 0 aliphatic rings. The monoisotopic (exact) mass is 343 g/mol. The number of carbonyl (C=O) groups is 1. The lowest BCUT2D eigenvalue weighted by Crippen LogP contribution is -2.02. The zero-order valence-electron chi connectivity index (χ0n) is 8.65. The predicted octanol–water partition coefficient (Wildman–Crippen LogP) is 3.57. The number of nitrogens with zero attached hydrogens (tertiary/aromatic N) is 1. The Bertz CT molecular complexity index is 414.